The van der Waals surface area contributed by atoms with Crippen LogP contribution in [-0.2, 0) is 6.42 Å². The fraction of sp³-hybridized carbons (Fsp3) is 0.364. The summed E-state index contributed by atoms with van der Waals surface area (Å²) in [5.41, 5.74) is 2.94. The third-order valence-electron chi connectivity index (χ3n) is 5.06. The van der Waals surface area contributed by atoms with Crippen molar-refractivity contribution in [1.82, 2.24) is 20.3 Å². The molecule has 2 aromatic carbocycles. The van der Waals surface area contributed by atoms with Crippen LogP contribution in [0.3, 0.4) is 0 Å². The van der Waals surface area contributed by atoms with E-state index in [4.69, 9.17) is 0 Å². The standard InChI is InChI=1S/C22H28N4O4/c1-2-15-8-10-16(11-9-15)19(14-27)23-13-20(28)22(30)21(29)18-12-24-26(25-18)17-6-4-3-5-7-17/h3-12,19-23,27-30H,2,13-14H2,1H3. The van der Waals surface area contributed by atoms with E-state index >= 15 is 0 Å². The molecule has 8 heteroatoms. The van der Waals surface area contributed by atoms with E-state index in [9.17, 15) is 20.4 Å². The highest BCUT2D eigenvalue weighted by atomic mass is 16.4. The van der Waals surface area contributed by atoms with Gasteiger partial charge in [0, 0.05) is 6.54 Å². The van der Waals surface area contributed by atoms with Crippen LogP contribution in [-0.4, -0.2) is 60.8 Å². The largest absolute Gasteiger partial charge is 0.394 e. The maximum absolute atomic E-state index is 10.4. The number of benzene rings is 2. The Balaban J connectivity index is 1.59. The fourth-order valence-electron chi connectivity index (χ4n) is 3.14. The smallest absolute Gasteiger partial charge is 0.128 e. The molecule has 5 N–H and O–H groups in total. The average molecular weight is 412 g/mol. The molecule has 0 aliphatic heterocycles. The van der Waals surface area contributed by atoms with Crippen LogP contribution in [0.1, 0.15) is 35.9 Å². The quantitative estimate of drug-likeness (QED) is 0.335. The van der Waals surface area contributed by atoms with Gasteiger partial charge in [0.2, 0.25) is 0 Å². The number of hydrogen-bond acceptors (Lipinski definition) is 7. The van der Waals surface area contributed by atoms with Gasteiger partial charge in [0.25, 0.3) is 0 Å². The number of nitrogens with zero attached hydrogens (tertiary/aromatic N) is 3. The van der Waals surface area contributed by atoms with Gasteiger partial charge < -0.3 is 25.7 Å². The van der Waals surface area contributed by atoms with Crippen molar-refractivity contribution in [2.45, 2.75) is 37.7 Å². The molecule has 160 valence electrons. The van der Waals surface area contributed by atoms with Crippen LogP contribution in [0.4, 0.5) is 0 Å². The summed E-state index contributed by atoms with van der Waals surface area (Å²) in [6.45, 7) is 1.88. The predicted molar refractivity (Wildman–Crippen MR) is 112 cm³/mol. The highest BCUT2D eigenvalue weighted by Gasteiger charge is 2.28. The van der Waals surface area contributed by atoms with Gasteiger partial charge >= 0.3 is 0 Å². The molecule has 30 heavy (non-hydrogen) atoms. The first kappa shape index (κ1) is 22.1. The number of aliphatic hydroxyl groups is 4. The molecule has 1 aromatic heterocycles. The van der Waals surface area contributed by atoms with Crippen molar-refractivity contribution in [1.29, 1.82) is 0 Å². The summed E-state index contributed by atoms with van der Waals surface area (Å²) in [7, 11) is 0. The van der Waals surface area contributed by atoms with Crippen LogP contribution in [0.15, 0.2) is 60.8 Å². The van der Waals surface area contributed by atoms with Crippen molar-refractivity contribution in [3.8, 4) is 5.69 Å². The molecule has 0 bridgehead atoms. The molecule has 0 spiro atoms. The first-order chi connectivity index (χ1) is 14.5. The van der Waals surface area contributed by atoms with Gasteiger partial charge in [-0.2, -0.15) is 15.0 Å². The van der Waals surface area contributed by atoms with Crippen LogP contribution in [0.25, 0.3) is 5.69 Å². The van der Waals surface area contributed by atoms with Crippen LogP contribution in [0, 0.1) is 0 Å². The highest BCUT2D eigenvalue weighted by Crippen LogP contribution is 2.19. The van der Waals surface area contributed by atoms with E-state index < -0.39 is 24.4 Å². The molecule has 1 heterocycles. The molecule has 0 radical (unpaired) electrons. The molecule has 0 saturated carbocycles. The molecule has 0 fully saturated rings. The lowest BCUT2D eigenvalue weighted by molar-refractivity contribution is -0.0621. The Morgan fingerprint density at radius 1 is 1.00 bits per heavy atom. The minimum absolute atomic E-state index is 0.0220. The van der Waals surface area contributed by atoms with Gasteiger partial charge in [0.15, 0.2) is 0 Å². The third-order valence-corrected chi connectivity index (χ3v) is 5.06. The van der Waals surface area contributed by atoms with E-state index in [0.29, 0.717) is 5.69 Å². The number of hydrogen-bond donors (Lipinski definition) is 5. The maximum Gasteiger partial charge on any atom is 0.128 e. The average Bonchev–Trinajstić information content (AvgIpc) is 3.29. The molecule has 3 aromatic rings. The highest BCUT2D eigenvalue weighted by molar-refractivity contribution is 5.28. The van der Waals surface area contributed by atoms with Crippen molar-refractivity contribution >= 4 is 0 Å². The van der Waals surface area contributed by atoms with Crippen LogP contribution < -0.4 is 5.32 Å². The van der Waals surface area contributed by atoms with Crippen molar-refractivity contribution in [3.05, 3.63) is 77.6 Å². The lowest BCUT2D eigenvalue weighted by Gasteiger charge is -2.24. The first-order valence-corrected chi connectivity index (χ1v) is 9.98. The number of para-hydroxylation sites is 1. The maximum atomic E-state index is 10.4. The number of nitrogens with one attached hydrogen (secondary N) is 1. The minimum Gasteiger partial charge on any atom is -0.394 e. The molecular formula is C22H28N4O4. The van der Waals surface area contributed by atoms with Crippen LogP contribution in [0.5, 0.6) is 0 Å². The van der Waals surface area contributed by atoms with Gasteiger partial charge in [-0.05, 0) is 29.7 Å². The second-order valence-corrected chi connectivity index (χ2v) is 7.14. The van der Waals surface area contributed by atoms with Gasteiger partial charge in [-0.1, -0.05) is 49.4 Å². The molecule has 4 atom stereocenters. The molecule has 0 aliphatic carbocycles. The Labute approximate surface area is 175 Å². The summed E-state index contributed by atoms with van der Waals surface area (Å²) >= 11 is 0. The fourth-order valence-corrected chi connectivity index (χ4v) is 3.14. The van der Waals surface area contributed by atoms with E-state index in [2.05, 4.69) is 22.4 Å². The lowest BCUT2D eigenvalue weighted by Crippen LogP contribution is -2.41. The number of aryl methyl sites for hydroxylation is 1. The summed E-state index contributed by atoms with van der Waals surface area (Å²) in [5, 5.41) is 52.1. The molecule has 0 amide bonds. The molecule has 0 saturated heterocycles. The number of aromatic nitrogens is 3. The summed E-state index contributed by atoms with van der Waals surface area (Å²) in [6, 6.07) is 16.6. The Bertz CT molecular complexity index is 901. The zero-order valence-electron chi connectivity index (χ0n) is 16.8. The van der Waals surface area contributed by atoms with Crippen molar-refractivity contribution in [3.63, 3.8) is 0 Å². The summed E-state index contributed by atoms with van der Waals surface area (Å²) < 4.78 is 0. The zero-order valence-corrected chi connectivity index (χ0v) is 16.8. The Morgan fingerprint density at radius 2 is 1.70 bits per heavy atom. The molecule has 0 aliphatic rings. The topological polar surface area (TPSA) is 124 Å². The minimum atomic E-state index is -1.47. The Morgan fingerprint density at radius 3 is 2.33 bits per heavy atom. The lowest BCUT2D eigenvalue weighted by atomic mass is 10.0. The molecule has 8 nitrogen and oxygen atoms in total. The summed E-state index contributed by atoms with van der Waals surface area (Å²) in [5.74, 6) is 0. The normalized spacial score (nSPS) is 15.5. The predicted octanol–water partition coefficient (Wildman–Crippen LogP) is 0.908. The van der Waals surface area contributed by atoms with E-state index in [1.54, 1.807) is 0 Å². The van der Waals surface area contributed by atoms with Gasteiger partial charge in [-0.25, -0.2) is 0 Å². The van der Waals surface area contributed by atoms with Gasteiger partial charge in [-0.3, -0.25) is 0 Å². The zero-order chi connectivity index (χ0) is 21.5. The second-order valence-electron chi connectivity index (χ2n) is 7.14. The van der Waals surface area contributed by atoms with E-state index in [1.165, 1.54) is 16.6 Å². The number of aliphatic hydroxyl groups excluding tert-OH is 4. The van der Waals surface area contributed by atoms with E-state index in [0.717, 1.165) is 12.0 Å². The molecular weight excluding hydrogens is 384 g/mol. The van der Waals surface area contributed by atoms with Crippen LogP contribution >= 0.6 is 0 Å². The molecule has 4 unspecified atom stereocenters. The third kappa shape index (κ3) is 5.29. The van der Waals surface area contributed by atoms with Gasteiger partial charge in [0.1, 0.15) is 17.9 Å². The van der Waals surface area contributed by atoms with Crippen molar-refractivity contribution < 1.29 is 20.4 Å². The van der Waals surface area contributed by atoms with Crippen molar-refractivity contribution in [2.75, 3.05) is 13.2 Å². The van der Waals surface area contributed by atoms with Crippen LogP contribution in [0.2, 0.25) is 0 Å². The van der Waals surface area contributed by atoms with E-state index in [-0.39, 0.29) is 18.8 Å². The van der Waals surface area contributed by atoms with Gasteiger partial charge in [-0.15, -0.1) is 0 Å². The first-order valence-electron chi connectivity index (χ1n) is 9.98. The Hall–Kier alpha value is -2.62. The SMILES string of the molecule is CCc1ccc(C(CO)NCC(O)C(O)C(O)c2cnn(-c3ccccc3)n2)cc1. The summed E-state index contributed by atoms with van der Waals surface area (Å²) in [4.78, 5) is 1.34. The van der Waals surface area contributed by atoms with E-state index in [1.807, 2.05) is 54.6 Å². The summed E-state index contributed by atoms with van der Waals surface area (Å²) in [6.07, 6.45) is -1.87. The number of rotatable bonds is 10. The van der Waals surface area contributed by atoms with Gasteiger partial charge in [0.05, 0.1) is 30.6 Å². The monoisotopic (exact) mass is 412 g/mol. The molecule has 3 rings (SSSR count). The second kappa shape index (κ2) is 10.4. The van der Waals surface area contributed by atoms with Crippen molar-refractivity contribution in [2.24, 2.45) is 0 Å². The Kier molecular flexibility index (Phi) is 7.67.